The number of aliphatic hydroxyl groups excluding tert-OH is 1. The van der Waals surface area contributed by atoms with Crippen LogP contribution in [0, 0.1) is 6.92 Å². The molecule has 0 saturated carbocycles. The van der Waals surface area contributed by atoms with E-state index in [1.165, 1.54) is 11.1 Å². The van der Waals surface area contributed by atoms with E-state index < -0.39 is 0 Å². The average molecular weight is 175 g/mol. The summed E-state index contributed by atoms with van der Waals surface area (Å²) in [5.74, 6) is 0. The maximum Gasteiger partial charge on any atom is 0.0702 e. The van der Waals surface area contributed by atoms with E-state index >= 15 is 0 Å². The van der Waals surface area contributed by atoms with E-state index in [1.807, 2.05) is 17.8 Å². The van der Waals surface area contributed by atoms with Gasteiger partial charge in [0.1, 0.15) is 0 Å². The molecule has 68 valence electrons. The van der Waals surface area contributed by atoms with Crippen LogP contribution in [-0.2, 0) is 13.7 Å². The molecule has 1 heterocycles. The molecular formula is C11H13NO. The third-order valence-electron chi connectivity index (χ3n) is 2.40. The lowest BCUT2D eigenvalue weighted by atomic mass is 10.1. The van der Waals surface area contributed by atoms with Crippen LogP contribution in [0.5, 0.6) is 0 Å². The maximum atomic E-state index is 9.13. The van der Waals surface area contributed by atoms with Gasteiger partial charge in [0.2, 0.25) is 0 Å². The van der Waals surface area contributed by atoms with Gasteiger partial charge in [0, 0.05) is 29.7 Å². The number of benzene rings is 1. The van der Waals surface area contributed by atoms with Crippen LogP contribution in [0.25, 0.3) is 10.9 Å². The molecule has 1 aromatic heterocycles. The summed E-state index contributed by atoms with van der Waals surface area (Å²) in [5, 5.41) is 10.3. The monoisotopic (exact) mass is 175 g/mol. The molecule has 0 aliphatic carbocycles. The zero-order valence-electron chi connectivity index (χ0n) is 7.91. The minimum atomic E-state index is 0.112. The van der Waals surface area contributed by atoms with Crippen LogP contribution in [0.15, 0.2) is 24.4 Å². The van der Waals surface area contributed by atoms with Gasteiger partial charge in [-0.3, -0.25) is 0 Å². The van der Waals surface area contributed by atoms with Gasteiger partial charge in [0.25, 0.3) is 0 Å². The van der Waals surface area contributed by atoms with Crippen molar-refractivity contribution in [1.29, 1.82) is 0 Å². The van der Waals surface area contributed by atoms with Crippen molar-refractivity contribution in [3.8, 4) is 0 Å². The molecule has 1 aromatic carbocycles. The van der Waals surface area contributed by atoms with Crippen molar-refractivity contribution in [2.24, 2.45) is 7.05 Å². The van der Waals surface area contributed by atoms with Gasteiger partial charge in [0.15, 0.2) is 0 Å². The molecular weight excluding hydrogens is 162 g/mol. The highest BCUT2D eigenvalue weighted by molar-refractivity contribution is 5.84. The van der Waals surface area contributed by atoms with E-state index in [4.69, 9.17) is 5.11 Å². The zero-order valence-corrected chi connectivity index (χ0v) is 7.91. The van der Waals surface area contributed by atoms with Gasteiger partial charge in [-0.1, -0.05) is 11.6 Å². The van der Waals surface area contributed by atoms with E-state index in [0.717, 1.165) is 10.9 Å². The molecule has 0 aliphatic rings. The van der Waals surface area contributed by atoms with Crippen LogP contribution in [0.3, 0.4) is 0 Å². The highest BCUT2D eigenvalue weighted by atomic mass is 16.3. The SMILES string of the molecule is Cc1ccc2c(c1)c(CO)cn2C. The number of fused-ring (bicyclic) bond motifs is 1. The molecule has 2 rings (SSSR count). The van der Waals surface area contributed by atoms with Crippen LogP contribution in [0.1, 0.15) is 11.1 Å². The number of nitrogens with zero attached hydrogens (tertiary/aromatic N) is 1. The molecule has 2 aromatic rings. The molecule has 0 unspecified atom stereocenters. The van der Waals surface area contributed by atoms with E-state index in [0.29, 0.717) is 0 Å². The number of hydrogen-bond acceptors (Lipinski definition) is 1. The van der Waals surface area contributed by atoms with Crippen molar-refractivity contribution >= 4 is 10.9 Å². The van der Waals surface area contributed by atoms with Crippen LogP contribution >= 0.6 is 0 Å². The normalized spacial score (nSPS) is 11.0. The first-order valence-corrected chi connectivity index (χ1v) is 4.38. The largest absolute Gasteiger partial charge is 0.392 e. The molecule has 0 bridgehead atoms. The van der Waals surface area contributed by atoms with Crippen molar-refractivity contribution in [2.75, 3.05) is 0 Å². The summed E-state index contributed by atoms with van der Waals surface area (Å²) in [6.45, 7) is 2.17. The molecule has 0 radical (unpaired) electrons. The Morgan fingerprint density at radius 2 is 2.15 bits per heavy atom. The Kier molecular flexibility index (Phi) is 1.85. The topological polar surface area (TPSA) is 25.2 Å². The zero-order chi connectivity index (χ0) is 9.42. The summed E-state index contributed by atoms with van der Waals surface area (Å²) in [6.07, 6.45) is 1.98. The molecule has 2 nitrogen and oxygen atoms in total. The van der Waals surface area contributed by atoms with Gasteiger partial charge in [-0.15, -0.1) is 0 Å². The van der Waals surface area contributed by atoms with Crippen molar-refractivity contribution in [1.82, 2.24) is 4.57 Å². The standard InChI is InChI=1S/C11H13NO/c1-8-3-4-11-10(5-8)9(7-13)6-12(11)2/h3-6,13H,7H2,1-2H3. The van der Waals surface area contributed by atoms with Gasteiger partial charge >= 0.3 is 0 Å². The fraction of sp³-hybridized carbons (Fsp3) is 0.273. The summed E-state index contributed by atoms with van der Waals surface area (Å²) in [5.41, 5.74) is 3.41. The van der Waals surface area contributed by atoms with E-state index in [1.54, 1.807) is 0 Å². The first-order chi connectivity index (χ1) is 6.22. The Morgan fingerprint density at radius 3 is 2.85 bits per heavy atom. The number of aliphatic hydroxyl groups is 1. The molecule has 13 heavy (non-hydrogen) atoms. The van der Waals surface area contributed by atoms with Crippen LogP contribution in [0.2, 0.25) is 0 Å². The summed E-state index contributed by atoms with van der Waals surface area (Å²) < 4.78 is 2.04. The van der Waals surface area contributed by atoms with Crippen molar-refractivity contribution in [3.05, 3.63) is 35.5 Å². The van der Waals surface area contributed by atoms with E-state index in [-0.39, 0.29) is 6.61 Å². The Morgan fingerprint density at radius 1 is 1.38 bits per heavy atom. The fourth-order valence-electron chi connectivity index (χ4n) is 1.71. The van der Waals surface area contributed by atoms with Crippen molar-refractivity contribution < 1.29 is 5.11 Å². The van der Waals surface area contributed by atoms with Gasteiger partial charge in [0.05, 0.1) is 6.61 Å². The molecule has 0 saturated heterocycles. The average Bonchev–Trinajstić information content (AvgIpc) is 2.42. The van der Waals surface area contributed by atoms with Gasteiger partial charge in [-0.2, -0.15) is 0 Å². The number of aromatic nitrogens is 1. The highest BCUT2D eigenvalue weighted by Gasteiger charge is 2.04. The van der Waals surface area contributed by atoms with Crippen molar-refractivity contribution in [2.45, 2.75) is 13.5 Å². The Bertz CT molecular complexity index is 443. The predicted octanol–water partition coefficient (Wildman–Crippen LogP) is 1.98. The molecule has 0 atom stereocenters. The molecule has 0 fully saturated rings. The second kappa shape index (κ2) is 2.89. The lowest BCUT2D eigenvalue weighted by Crippen LogP contribution is -1.82. The smallest absolute Gasteiger partial charge is 0.0702 e. The minimum absolute atomic E-state index is 0.112. The summed E-state index contributed by atoms with van der Waals surface area (Å²) >= 11 is 0. The Labute approximate surface area is 77.4 Å². The summed E-state index contributed by atoms with van der Waals surface area (Å²) in [4.78, 5) is 0. The van der Waals surface area contributed by atoms with E-state index in [9.17, 15) is 0 Å². The minimum Gasteiger partial charge on any atom is -0.392 e. The second-order valence-corrected chi connectivity index (χ2v) is 3.44. The van der Waals surface area contributed by atoms with Crippen LogP contribution < -0.4 is 0 Å². The maximum absolute atomic E-state index is 9.13. The number of hydrogen-bond donors (Lipinski definition) is 1. The lowest BCUT2D eigenvalue weighted by Gasteiger charge is -1.97. The second-order valence-electron chi connectivity index (χ2n) is 3.44. The van der Waals surface area contributed by atoms with Gasteiger partial charge in [-0.05, 0) is 19.1 Å². The molecule has 2 heteroatoms. The molecule has 0 spiro atoms. The third kappa shape index (κ3) is 1.23. The summed E-state index contributed by atoms with van der Waals surface area (Å²) in [7, 11) is 2.00. The van der Waals surface area contributed by atoms with Crippen LogP contribution in [-0.4, -0.2) is 9.67 Å². The fourth-order valence-corrected chi connectivity index (χ4v) is 1.71. The lowest BCUT2D eigenvalue weighted by molar-refractivity contribution is 0.283. The number of rotatable bonds is 1. The van der Waals surface area contributed by atoms with Gasteiger partial charge < -0.3 is 9.67 Å². The molecule has 0 amide bonds. The third-order valence-corrected chi connectivity index (χ3v) is 2.40. The Hall–Kier alpha value is -1.28. The van der Waals surface area contributed by atoms with Crippen molar-refractivity contribution in [3.63, 3.8) is 0 Å². The Balaban J connectivity index is 2.81. The van der Waals surface area contributed by atoms with Gasteiger partial charge in [-0.25, -0.2) is 0 Å². The highest BCUT2D eigenvalue weighted by Crippen LogP contribution is 2.21. The first-order valence-electron chi connectivity index (χ1n) is 4.38. The first kappa shape index (κ1) is 8.32. The van der Waals surface area contributed by atoms with Crippen LogP contribution in [0.4, 0.5) is 0 Å². The summed E-state index contributed by atoms with van der Waals surface area (Å²) in [6, 6.07) is 6.29. The number of aryl methyl sites for hydroxylation is 2. The quantitative estimate of drug-likeness (QED) is 0.704. The molecule has 1 N–H and O–H groups in total. The molecule has 0 aliphatic heterocycles. The predicted molar refractivity (Wildman–Crippen MR) is 53.6 cm³/mol. The van der Waals surface area contributed by atoms with E-state index in [2.05, 4.69) is 25.1 Å².